The summed E-state index contributed by atoms with van der Waals surface area (Å²) in [4.78, 5) is 32.1. The molecule has 0 aliphatic heterocycles. The number of benzene rings is 1. The zero-order valence-corrected chi connectivity index (χ0v) is 16.6. The zero-order chi connectivity index (χ0) is 20.4. The average molecular weight is 388 g/mol. The lowest BCUT2D eigenvalue weighted by molar-refractivity contribution is -0.114. The van der Waals surface area contributed by atoms with Crippen LogP contribution in [0.1, 0.15) is 42.7 Å². The number of H-pyrrole nitrogens is 1. The minimum absolute atomic E-state index is 0.154. The minimum atomic E-state index is -0.177. The highest BCUT2D eigenvalue weighted by molar-refractivity contribution is 6.07. The van der Waals surface area contributed by atoms with Crippen molar-refractivity contribution in [2.45, 2.75) is 33.1 Å². The first-order chi connectivity index (χ1) is 14.0. The molecule has 6 heteroatoms. The van der Waals surface area contributed by atoms with Crippen LogP contribution in [0.3, 0.4) is 0 Å². The van der Waals surface area contributed by atoms with E-state index in [2.05, 4.69) is 27.5 Å². The topological polar surface area (TPSA) is 86.9 Å². The Bertz CT molecular complexity index is 1060. The Morgan fingerprint density at radius 1 is 1.21 bits per heavy atom. The highest BCUT2D eigenvalue weighted by atomic mass is 16.1. The third-order valence-corrected chi connectivity index (χ3v) is 5.17. The van der Waals surface area contributed by atoms with Crippen LogP contribution in [0.15, 0.2) is 48.7 Å². The fourth-order valence-corrected chi connectivity index (χ4v) is 3.81. The fraction of sp³-hybridized carbons (Fsp3) is 0.261. The summed E-state index contributed by atoms with van der Waals surface area (Å²) in [6.45, 7) is 3.63. The van der Waals surface area contributed by atoms with Gasteiger partial charge in [0.15, 0.2) is 5.78 Å². The van der Waals surface area contributed by atoms with Gasteiger partial charge in [-0.05, 0) is 43.0 Å². The number of nitrogens with zero attached hydrogens (tertiary/aromatic N) is 1. The number of Topliss-reactive ketones (excluding diaryl/α,β-unsaturated/α-hetero) is 1. The number of ketones is 1. The van der Waals surface area contributed by atoms with Gasteiger partial charge in [-0.1, -0.05) is 25.1 Å². The van der Waals surface area contributed by atoms with E-state index in [1.807, 2.05) is 42.5 Å². The molecule has 1 aliphatic carbocycles. The lowest BCUT2D eigenvalue weighted by Crippen LogP contribution is -2.07. The van der Waals surface area contributed by atoms with E-state index in [9.17, 15) is 9.59 Å². The minimum Gasteiger partial charge on any atom is -0.356 e. The molecule has 0 saturated heterocycles. The smallest absolute Gasteiger partial charge is 0.222 e. The van der Waals surface area contributed by atoms with E-state index in [4.69, 9.17) is 0 Å². The van der Waals surface area contributed by atoms with Crippen molar-refractivity contribution in [2.75, 3.05) is 10.6 Å². The lowest BCUT2D eigenvalue weighted by atomic mass is 10.0. The van der Waals surface area contributed by atoms with Crippen molar-refractivity contribution in [1.29, 1.82) is 0 Å². The molecule has 2 heterocycles. The summed E-state index contributed by atoms with van der Waals surface area (Å²) < 4.78 is 0. The number of carbonyl (C=O) groups excluding carboxylic acids is 2. The van der Waals surface area contributed by atoms with Gasteiger partial charge in [-0.3, -0.25) is 9.59 Å². The molecule has 6 nitrogen and oxygen atoms in total. The van der Waals surface area contributed by atoms with Gasteiger partial charge in [-0.15, -0.1) is 0 Å². The summed E-state index contributed by atoms with van der Waals surface area (Å²) in [7, 11) is 0. The average Bonchev–Trinajstić information content (AvgIpc) is 2.97. The summed E-state index contributed by atoms with van der Waals surface area (Å²) >= 11 is 0. The first kappa shape index (κ1) is 18.9. The number of rotatable bonds is 4. The van der Waals surface area contributed by atoms with Crippen LogP contribution in [-0.4, -0.2) is 21.7 Å². The summed E-state index contributed by atoms with van der Waals surface area (Å²) in [6.07, 6.45) is 3.92. The van der Waals surface area contributed by atoms with Crippen LogP contribution in [0.25, 0.3) is 11.3 Å². The molecule has 29 heavy (non-hydrogen) atoms. The van der Waals surface area contributed by atoms with Gasteiger partial charge in [0.1, 0.15) is 5.82 Å². The van der Waals surface area contributed by atoms with Gasteiger partial charge in [-0.25, -0.2) is 4.98 Å². The quantitative estimate of drug-likeness (QED) is 0.553. The molecule has 2 aromatic heterocycles. The Labute approximate surface area is 169 Å². The molecule has 1 atom stereocenters. The van der Waals surface area contributed by atoms with Crippen molar-refractivity contribution in [2.24, 2.45) is 5.92 Å². The molecular formula is C23H24N4O2. The van der Waals surface area contributed by atoms with Crippen molar-refractivity contribution in [1.82, 2.24) is 9.97 Å². The molecule has 0 bridgehead atoms. The third kappa shape index (κ3) is 4.06. The van der Waals surface area contributed by atoms with Crippen molar-refractivity contribution in [3.8, 4) is 11.3 Å². The van der Waals surface area contributed by atoms with E-state index < -0.39 is 0 Å². The molecule has 0 saturated carbocycles. The van der Waals surface area contributed by atoms with Crippen LogP contribution in [0, 0.1) is 5.92 Å². The SMILES string of the molecule is CC(=O)Nc1cc(-c2[nH]c3c(c2Nc2ccccc2)C(=O)CC[C@H](C)C3)ccn1. The van der Waals surface area contributed by atoms with Gasteiger partial charge in [0, 0.05) is 36.5 Å². The monoisotopic (exact) mass is 388 g/mol. The highest BCUT2D eigenvalue weighted by Crippen LogP contribution is 2.39. The molecule has 148 valence electrons. The largest absolute Gasteiger partial charge is 0.356 e. The molecule has 0 fully saturated rings. The molecule has 3 aromatic rings. The summed E-state index contributed by atoms with van der Waals surface area (Å²) in [6, 6.07) is 13.5. The number of pyridine rings is 1. The molecule has 0 spiro atoms. The van der Waals surface area contributed by atoms with Gasteiger partial charge in [-0.2, -0.15) is 0 Å². The van der Waals surface area contributed by atoms with Gasteiger partial charge < -0.3 is 15.6 Å². The summed E-state index contributed by atoms with van der Waals surface area (Å²) in [5.41, 5.74) is 5.09. The van der Waals surface area contributed by atoms with Crippen LogP contribution in [0.2, 0.25) is 0 Å². The van der Waals surface area contributed by atoms with Crippen molar-refractivity contribution >= 4 is 28.9 Å². The summed E-state index contributed by atoms with van der Waals surface area (Å²) in [5.74, 6) is 0.888. The number of hydrogen-bond acceptors (Lipinski definition) is 4. The molecule has 1 aliphatic rings. The Morgan fingerprint density at radius 2 is 2.00 bits per heavy atom. The fourth-order valence-electron chi connectivity index (χ4n) is 3.81. The number of hydrogen-bond donors (Lipinski definition) is 3. The maximum atomic E-state index is 13.0. The van der Waals surface area contributed by atoms with Gasteiger partial charge in [0.05, 0.1) is 16.9 Å². The number of amides is 1. The second-order valence-electron chi connectivity index (χ2n) is 7.60. The number of para-hydroxylation sites is 1. The standard InChI is InChI=1S/C23H24N4O2/c1-14-8-9-19(29)21-18(12-14)27-22(23(21)26-17-6-4-3-5-7-17)16-10-11-24-20(13-16)25-15(2)28/h3-7,10-11,13-14,26-27H,8-9,12H2,1-2H3,(H,24,25,28)/t14-/m0/s1. The van der Waals surface area contributed by atoms with Crippen LogP contribution >= 0.6 is 0 Å². The predicted octanol–water partition coefficient (Wildman–Crippen LogP) is 4.93. The first-order valence-corrected chi connectivity index (χ1v) is 9.85. The predicted molar refractivity (Wildman–Crippen MR) is 114 cm³/mol. The maximum Gasteiger partial charge on any atom is 0.222 e. The normalized spacial score (nSPS) is 16.1. The van der Waals surface area contributed by atoms with E-state index in [-0.39, 0.29) is 11.7 Å². The number of nitrogens with one attached hydrogen (secondary N) is 3. The third-order valence-electron chi connectivity index (χ3n) is 5.17. The van der Waals surface area contributed by atoms with Crippen LogP contribution in [0.5, 0.6) is 0 Å². The molecule has 1 amide bonds. The van der Waals surface area contributed by atoms with E-state index in [1.54, 1.807) is 6.20 Å². The second kappa shape index (κ2) is 7.91. The van der Waals surface area contributed by atoms with Crippen molar-refractivity contribution < 1.29 is 9.59 Å². The Morgan fingerprint density at radius 3 is 2.76 bits per heavy atom. The molecule has 1 aromatic carbocycles. The van der Waals surface area contributed by atoms with E-state index >= 15 is 0 Å². The molecule has 4 rings (SSSR count). The first-order valence-electron chi connectivity index (χ1n) is 9.85. The molecule has 0 unspecified atom stereocenters. The Balaban J connectivity index is 1.85. The van der Waals surface area contributed by atoms with Crippen molar-refractivity contribution in [3.05, 3.63) is 59.9 Å². The maximum absolute atomic E-state index is 13.0. The van der Waals surface area contributed by atoms with Crippen LogP contribution in [-0.2, 0) is 11.2 Å². The number of fused-ring (bicyclic) bond motifs is 1. The van der Waals surface area contributed by atoms with Gasteiger partial charge >= 0.3 is 0 Å². The van der Waals surface area contributed by atoms with Crippen LogP contribution in [0.4, 0.5) is 17.2 Å². The zero-order valence-electron chi connectivity index (χ0n) is 16.6. The molecule has 0 radical (unpaired) electrons. The lowest BCUT2D eigenvalue weighted by Gasteiger charge is -2.11. The van der Waals surface area contributed by atoms with E-state index in [1.165, 1.54) is 6.92 Å². The van der Waals surface area contributed by atoms with Crippen LogP contribution < -0.4 is 10.6 Å². The molecular weight excluding hydrogens is 364 g/mol. The Kier molecular flexibility index (Phi) is 5.16. The second-order valence-corrected chi connectivity index (χ2v) is 7.60. The number of anilines is 3. The molecule has 3 N–H and O–H groups in total. The Hall–Kier alpha value is -3.41. The van der Waals surface area contributed by atoms with Gasteiger partial charge in [0.2, 0.25) is 5.91 Å². The van der Waals surface area contributed by atoms with E-state index in [0.29, 0.717) is 18.2 Å². The van der Waals surface area contributed by atoms with E-state index in [0.717, 1.165) is 46.7 Å². The summed E-state index contributed by atoms with van der Waals surface area (Å²) in [5, 5.41) is 6.17. The number of carbonyl (C=O) groups is 2. The van der Waals surface area contributed by atoms with Crippen molar-refractivity contribution in [3.63, 3.8) is 0 Å². The highest BCUT2D eigenvalue weighted by Gasteiger charge is 2.28. The van der Waals surface area contributed by atoms with Gasteiger partial charge in [0.25, 0.3) is 0 Å². The number of aromatic amines is 1. The number of aromatic nitrogens is 2.